The molecule has 6 heteroatoms. The van der Waals surface area contributed by atoms with Crippen LogP contribution in [0.5, 0.6) is 0 Å². The van der Waals surface area contributed by atoms with E-state index in [4.69, 9.17) is 0 Å². The minimum absolute atomic E-state index is 0.0199. The number of likely N-dealkylation sites (tertiary alicyclic amines) is 1. The number of thiophene rings is 1. The zero-order valence-corrected chi connectivity index (χ0v) is 16.7. The average Bonchev–Trinajstić information content (AvgIpc) is 3.22. The van der Waals surface area contributed by atoms with Crippen molar-refractivity contribution in [2.75, 3.05) is 19.6 Å². The first-order chi connectivity index (χ1) is 12.6. The summed E-state index contributed by atoms with van der Waals surface area (Å²) in [6.07, 6.45) is 7.19. The minimum atomic E-state index is -0.119. The normalized spacial score (nSPS) is 24.5. The van der Waals surface area contributed by atoms with Crippen LogP contribution in [0, 0.1) is 12.8 Å². The first-order valence-corrected chi connectivity index (χ1v) is 10.8. The van der Waals surface area contributed by atoms with Crippen molar-refractivity contribution in [3.05, 3.63) is 21.9 Å². The number of likely N-dealkylation sites (N-methyl/N-ethyl adjacent to an activating group) is 1. The van der Waals surface area contributed by atoms with Crippen molar-refractivity contribution in [3.63, 3.8) is 0 Å². The summed E-state index contributed by atoms with van der Waals surface area (Å²) >= 11 is 1.59. The Morgan fingerprint density at radius 3 is 2.69 bits per heavy atom. The molecule has 2 fully saturated rings. The van der Waals surface area contributed by atoms with Gasteiger partial charge in [0.1, 0.15) is 0 Å². The summed E-state index contributed by atoms with van der Waals surface area (Å²) in [5.74, 6) is 0.773. The molecule has 2 heterocycles. The van der Waals surface area contributed by atoms with E-state index in [9.17, 15) is 9.59 Å². The molecule has 26 heavy (non-hydrogen) atoms. The SMILES string of the molecule is CCNC(=O)[C@@H]1C[C@@H](NC(=O)c2csc(C)c2)CN1CC1CCCCC1. The number of nitrogens with one attached hydrogen (secondary N) is 2. The lowest BCUT2D eigenvalue weighted by Gasteiger charge is -2.30. The molecule has 0 radical (unpaired) electrons. The standard InChI is InChI=1S/C20H31N3O2S/c1-3-21-20(25)18-10-17(22-19(24)16-9-14(2)26-13-16)12-23(18)11-15-7-5-4-6-8-15/h9,13,15,17-18H,3-8,10-12H2,1-2H3,(H,21,25)(H,22,24)/t17-,18+/m1/s1. The lowest BCUT2D eigenvalue weighted by Crippen LogP contribution is -2.45. The smallest absolute Gasteiger partial charge is 0.252 e. The van der Waals surface area contributed by atoms with Gasteiger partial charge in [-0.2, -0.15) is 0 Å². The second kappa shape index (κ2) is 9.00. The average molecular weight is 378 g/mol. The topological polar surface area (TPSA) is 61.4 Å². The van der Waals surface area contributed by atoms with Crippen LogP contribution in [0.25, 0.3) is 0 Å². The number of carbonyl (C=O) groups is 2. The number of aryl methyl sites for hydroxylation is 1. The molecule has 5 nitrogen and oxygen atoms in total. The summed E-state index contributed by atoms with van der Waals surface area (Å²) in [6.45, 7) is 6.36. The Morgan fingerprint density at radius 1 is 1.27 bits per heavy atom. The van der Waals surface area contributed by atoms with Gasteiger partial charge >= 0.3 is 0 Å². The lowest BCUT2D eigenvalue weighted by molar-refractivity contribution is -0.125. The zero-order valence-electron chi connectivity index (χ0n) is 15.9. The number of hydrogen-bond donors (Lipinski definition) is 2. The summed E-state index contributed by atoms with van der Waals surface area (Å²) in [7, 11) is 0. The molecule has 2 N–H and O–H groups in total. The van der Waals surface area contributed by atoms with Gasteiger partial charge in [-0.05, 0) is 45.1 Å². The maximum absolute atomic E-state index is 12.5. The third-order valence-electron chi connectivity index (χ3n) is 5.60. The predicted octanol–water partition coefficient (Wildman–Crippen LogP) is 2.95. The van der Waals surface area contributed by atoms with E-state index in [1.165, 1.54) is 32.1 Å². The summed E-state index contributed by atoms with van der Waals surface area (Å²) < 4.78 is 0. The van der Waals surface area contributed by atoms with Gasteiger partial charge in [-0.1, -0.05) is 19.3 Å². The molecule has 0 aromatic carbocycles. The summed E-state index contributed by atoms with van der Waals surface area (Å²) in [5.41, 5.74) is 0.729. The monoisotopic (exact) mass is 377 g/mol. The van der Waals surface area contributed by atoms with Crippen LogP contribution in [-0.4, -0.2) is 48.4 Å². The maximum atomic E-state index is 12.5. The highest BCUT2D eigenvalue weighted by molar-refractivity contribution is 7.10. The molecule has 0 unspecified atom stereocenters. The van der Waals surface area contributed by atoms with E-state index < -0.39 is 0 Å². The van der Waals surface area contributed by atoms with Crippen LogP contribution in [0.15, 0.2) is 11.4 Å². The maximum Gasteiger partial charge on any atom is 0.252 e. The first kappa shape index (κ1) is 19.4. The lowest BCUT2D eigenvalue weighted by atomic mass is 9.89. The molecule has 1 aromatic heterocycles. The molecule has 1 saturated heterocycles. The molecule has 144 valence electrons. The van der Waals surface area contributed by atoms with Gasteiger partial charge < -0.3 is 10.6 Å². The van der Waals surface area contributed by atoms with Crippen LogP contribution in [0.1, 0.15) is 60.7 Å². The fourth-order valence-electron chi connectivity index (χ4n) is 4.31. The molecular weight excluding hydrogens is 346 g/mol. The molecule has 1 aliphatic heterocycles. The van der Waals surface area contributed by atoms with Crippen LogP contribution >= 0.6 is 11.3 Å². The van der Waals surface area contributed by atoms with Crippen LogP contribution in [0.3, 0.4) is 0 Å². The Morgan fingerprint density at radius 2 is 2.04 bits per heavy atom. The quantitative estimate of drug-likeness (QED) is 0.801. The molecule has 1 aromatic rings. The van der Waals surface area contributed by atoms with Crippen molar-refractivity contribution in [2.24, 2.45) is 5.92 Å². The summed E-state index contributed by atoms with van der Waals surface area (Å²) in [5, 5.41) is 8.02. The molecule has 1 aliphatic carbocycles. The van der Waals surface area contributed by atoms with Crippen molar-refractivity contribution in [2.45, 2.75) is 64.5 Å². The van der Waals surface area contributed by atoms with Crippen LogP contribution in [-0.2, 0) is 4.79 Å². The number of rotatable bonds is 6. The van der Waals surface area contributed by atoms with E-state index in [1.807, 2.05) is 25.3 Å². The van der Waals surface area contributed by atoms with E-state index in [-0.39, 0.29) is 23.9 Å². The summed E-state index contributed by atoms with van der Waals surface area (Å²) in [6, 6.07) is 1.85. The Balaban J connectivity index is 1.62. The van der Waals surface area contributed by atoms with Crippen molar-refractivity contribution >= 4 is 23.2 Å². The van der Waals surface area contributed by atoms with Gasteiger partial charge in [-0.3, -0.25) is 14.5 Å². The molecule has 2 aliphatic rings. The van der Waals surface area contributed by atoms with Gasteiger partial charge in [0, 0.05) is 35.9 Å². The van der Waals surface area contributed by atoms with E-state index in [0.717, 1.165) is 23.5 Å². The van der Waals surface area contributed by atoms with Crippen LogP contribution in [0.4, 0.5) is 0 Å². The largest absolute Gasteiger partial charge is 0.355 e. The van der Waals surface area contributed by atoms with Gasteiger partial charge in [0.25, 0.3) is 5.91 Å². The van der Waals surface area contributed by atoms with Crippen molar-refractivity contribution < 1.29 is 9.59 Å². The highest BCUT2D eigenvalue weighted by atomic mass is 32.1. The van der Waals surface area contributed by atoms with Crippen molar-refractivity contribution in [1.82, 2.24) is 15.5 Å². The predicted molar refractivity (Wildman–Crippen MR) is 106 cm³/mol. The van der Waals surface area contributed by atoms with E-state index in [1.54, 1.807) is 11.3 Å². The van der Waals surface area contributed by atoms with E-state index >= 15 is 0 Å². The molecule has 0 bridgehead atoms. The first-order valence-electron chi connectivity index (χ1n) is 9.94. The Bertz CT molecular complexity index is 624. The fraction of sp³-hybridized carbons (Fsp3) is 0.700. The van der Waals surface area contributed by atoms with Crippen molar-refractivity contribution in [3.8, 4) is 0 Å². The van der Waals surface area contributed by atoms with Gasteiger partial charge in [-0.25, -0.2) is 0 Å². The van der Waals surface area contributed by atoms with Gasteiger partial charge in [-0.15, -0.1) is 11.3 Å². The number of carbonyl (C=O) groups excluding carboxylic acids is 2. The second-order valence-corrected chi connectivity index (χ2v) is 8.84. The third kappa shape index (κ3) is 4.86. The molecule has 0 spiro atoms. The second-order valence-electron chi connectivity index (χ2n) is 7.72. The molecular formula is C20H31N3O2S. The Labute approximate surface area is 160 Å². The van der Waals surface area contributed by atoms with Gasteiger partial charge in [0.05, 0.1) is 11.6 Å². The van der Waals surface area contributed by atoms with Gasteiger partial charge in [0.2, 0.25) is 5.91 Å². The van der Waals surface area contributed by atoms with Crippen LogP contribution < -0.4 is 10.6 Å². The number of nitrogens with zero attached hydrogens (tertiary/aromatic N) is 1. The minimum Gasteiger partial charge on any atom is -0.355 e. The van der Waals surface area contributed by atoms with Crippen LogP contribution in [0.2, 0.25) is 0 Å². The zero-order chi connectivity index (χ0) is 18.5. The molecule has 2 amide bonds. The molecule has 3 rings (SSSR count). The Kier molecular flexibility index (Phi) is 6.70. The highest BCUT2D eigenvalue weighted by Crippen LogP contribution is 2.28. The molecule has 1 saturated carbocycles. The van der Waals surface area contributed by atoms with E-state index in [2.05, 4.69) is 15.5 Å². The van der Waals surface area contributed by atoms with Crippen molar-refractivity contribution in [1.29, 1.82) is 0 Å². The Hall–Kier alpha value is -1.40. The third-order valence-corrected chi connectivity index (χ3v) is 6.46. The highest BCUT2D eigenvalue weighted by Gasteiger charge is 2.38. The van der Waals surface area contributed by atoms with Gasteiger partial charge in [0.15, 0.2) is 0 Å². The molecule has 2 atom stereocenters. The summed E-state index contributed by atoms with van der Waals surface area (Å²) in [4.78, 5) is 28.5. The fourth-order valence-corrected chi connectivity index (χ4v) is 4.99. The number of amides is 2. The van der Waals surface area contributed by atoms with E-state index in [0.29, 0.717) is 18.9 Å². The number of hydrogen-bond acceptors (Lipinski definition) is 4.